The smallest absolute Gasteiger partial charge is 0.257 e. The summed E-state index contributed by atoms with van der Waals surface area (Å²) in [6.07, 6.45) is 5.16. The molecular formula is C12H18N2O3. The standard InChI is InChI=1S/C12H18N2O3/c15-6-5-14(8-11-2-1-4-13-11)12(16)10-3-7-17-9-10/h3,7,9,11,13,15H,1-2,4-6,8H2. The molecule has 5 nitrogen and oxygen atoms in total. The molecule has 2 heterocycles. The average molecular weight is 238 g/mol. The van der Waals surface area contributed by atoms with Crippen LogP contribution in [-0.2, 0) is 0 Å². The van der Waals surface area contributed by atoms with E-state index in [9.17, 15) is 4.79 Å². The van der Waals surface area contributed by atoms with Crippen molar-refractivity contribution < 1.29 is 14.3 Å². The highest BCUT2D eigenvalue weighted by molar-refractivity contribution is 5.93. The highest BCUT2D eigenvalue weighted by Crippen LogP contribution is 2.10. The first-order chi connectivity index (χ1) is 8.31. The second-order valence-electron chi connectivity index (χ2n) is 4.28. The number of nitrogens with one attached hydrogen (secondary N) is 1. The van der Waals surface area contributed by atoms with Crippen LogP contribution >= 0.6 is 0 Å². The number of rotatable bonds is 5. The summed E-state index contributed by atoms with van der Waals surface area (Å²) in [5.41, 5.74) is 0.538. The van der Waals surface area contributed by atoms with E-state index in [4.69, 9.17) is 9.52 Å². The third-order valence-electron chi connectivity index (χ3n) is 3.03. The molecule has 1 amide bonds. The average Bonchev–Trinajstić information content (AvgIpc) is 3.00. The van der Waals surface area contributed by atoms with Gasteiger partial charge in [0.1, 0.15) is 6.26 Å². The fourth-order valence-electron chi connectivity index (χ4n) is 2.14. The molecule has 1 atom stereocenters. The van der Waals surface area contributed by atoms with Crippen LogP contribution in [0.25, 0.3) is 0 Å². The Balaban J connectivity index is 1.98. The summed E-state index contributed by atoms with van der Waals surface area (Å²) in [6, 6.07) is 1.99. The molecule has 1 aromatic rings. The largest absolute Gasteiger partial charge is 0.472 e. The molecular weight excluding hydrogens is 220 g/mol. The molecule has 0 bridgehead atoms. The van der Waals surface area contributed by atoms with Gasteiger partial charge in [0.05, 0.1) is 18.4 Å². The molecule has 0 spiro atoms. The number of hydrogen-bond acceptors (Lipinski definition) is 4. The number of nitrogens with zero attached hydrogens (tertiary/aromatic N) is 1. The molecule has 0 saturated carbocycles. The Bertz CT molecular complexity index is 345. The Morgan fingerprint density at radius 1 is 1.65 bits per heavy atom. The van der Waals surface area contributed by atoms with Gasteiger partial charge in [-0.05, 0) is 25.5 Å². The van der Waals surface area contributed by atoms with Crippen LogP contribution in [0, 0.1) is 0 Å². The fraction of sp³-hybridized carbons (Fsp3) is 0.583. The highest BCUT2D eigenvalue weighted by Gasteiger charge is 2.22. The first-order valence-electron chi connectivity index (χ1n) is 5.97. The first kappa shape index (κ1) is 12.1. The van der Waals surface area contributed by atoms with Gasteiger partial charge in [0.25, 0.3) is 5.91 Å². The Hall–Kier alpha value is -1.33. The van der Waals surface area contributed by atoms with E-state index < -0.39 is 0 Å². The van der Waals surface area contributed by atoms with Crippen LogP contribution in [0.5, 0.6) is 0 Å². The zero-order chi connectivity index (χ0) is 12.1. The lowest BCUT2D eigenvalue weighted by Gasteiger charge is -2.24. The first-order valence-corrected chi connectivity index (χ1v) is 5.97. The molecule has 0 radical (unpaired) electrons. The molecule has 1 unspecified atom stereocenters. The van der Waals surface area contributed by atoms with Gasteiger partial charge in [-0.1, -0.05) is 0 Å². The maximum absolute atomic E-state index is 12.1. The second-order valence-corrected chi connectivity index (χ2v) is 4.28. The van der Waals surface area contributed by atoms with Gasteiger partial charge in [0.15, 0.2) is 0 Å². The van der Waals surface area contributed by atoms with Gasteiger partial charge in [-0.3, -0.25) is 4.79 Å². The van der Waals surface area contributed by atoms with Gasteiger partial charge >= 0.3 is 0 Å². The molecule has 0 aromatic carbocycles. The van der Waals surface area contributed by atoms with Crippen molar-refractivity contribution in [3.8, 4) is 0 Å². The minimum absolute atomic E-state index is 0.0175. The molecule has 1 aliphatic heterocycles. The number of furan rings is 1. The van der Waals surface area contributed by atoms with Crippen molar-refractivity contribution in [3.63, 3.8) is 0 Å². The van der Waals surface area contributed by atoms with Crippen LogP contribution in [-0.4, -0.2) is 48.2 Å². The Labute approximate surface area is 100 Å². The van der Waals surface area contributed by atoms with E-state index in [1.807, 2.05) is 0 Å². The second kappa shape index (κ2) is 5.84. The maximum atomic E-state index is 12.1. The molecule has 5 heteroatoms. The predicted octanol–water partition coefficient (Wildman–Crippen LogP) is 0.466. The van der Waals surface area contributed by atoms with Gasteiger partial charge in [-0.15, -0.1) is 0 Å². The minimum Gasteiger partial charge on any atom is -0.472 e. The van der Waals surface area contributed by atoms with Crippen molar-refractivity contribution in [1.29, 1.82) is 0 Å². The molecule has 1 aliphatic rings. The van der Waals surface area contributed by atoms with Crippen LogP contribution < -0.4 is 5.32 Å². The normalized spacial score (nSPS) is 19.5. The topological polar surface area (TPSA) is 65.7 Å². The van der Waals surface area contributed by atoms with Crippen molar-refractivity contribution in [2.24, 2.45) is 0 Å². The number of aliphatic hydroxyl groups excluding tert-OH is 1. The van der Waals surface area contributed by atoms with Gasteiger partial charge in [0.2, 0.25) is 0 Å². The molecule has 1 aromatic heterocycles. The number of hydrogen-bond donors (Lipinski definition) is 2. The Morgan fingerprint density at radius 3 is 3.12 bits per heavy atom. The summed E-state index contributed by atoms with van der Waals surface area (Å²) in [7, 11) is 0. The number of carbonyl (C=O) groups is 1. The third-order valence-corrected chi connectivity index (χ3v) is 3.03. The maximum Gasteiger partial charge on any atom is 0.257 e. The van der Waals surface area contributed by atoms with Gasteiger partial charge < -0.3 is 19.7 Å². The predicted molar refractivity (Wildman–Crippen MR) is 62.7 cm³/mol. The van der Waals surface area contributed by atoms with Crippen molar-refractivity contribution in [2.45, 2.75) is 18.9 Å². The molecule has 2 N–H and O–H groups in total. The van der Waals surface area contributed by atoms with Crippen LogP contribution in [0.3, 0.4) is 0 Å². The van der Waals surface area contributed by atoms with Gasteiger partial charge in [-0.2, -0.15) is 0 Å². The van der Waals surface area contributed by atoms with Crippen LogP contribution in [0.4, 0.5) is 0 Å². The van der Waals surface area contributed by atoms with Crippen LogP contribution in [0.15, 0.2) is 23.0 Å². The lowest BCUT2D eigenvalue weighted by atomic mass is 10.2. The molecule has 1 fully saturated rings. The van der Waals surface area contributed by atoms with Crippen molar-refractivity contribution in [2.75, 3.05) is 26.2 Å². The van der Waals surface area contributed by atoms with E-state index in [0.717, 1.165) is 19.4 Å². The molecule has 17 heavy (non-hydrogen) atoms. The van der Waals surface area contributed by atoms with Crippen LogP contribution in [0.2, 0.25) is 0 Å². The van der Waals surface area contributed by atoms with E-state index in [2.05, 4.69) is 5.32 Å². The molecule has 1 saturated heterocycles. The minimum atomic E-state index is -0.0819. The van der Waals surface area contributed by atoms with Crippen molar-refractivity contribution in [3.05, 3.63) is 24.2 Å². The van der Waals surface area contributed by atoms with Gasteiger partial charge in [-0.25, -0.2) is 0 Å². The number of amides is 1. The number of aliphatic hydroxyl groups is 1. The summed E-state index contributed by atoms with van der Waals surface area (Å²) >= 11 is 0. The monoisotopic (exact) mass is 238 g/mol. The lowest BCUT2D eigenvalue weighted by Crippen LogP contribution is -2.42. The SMILES string of the molecule is O=C(c1ccoc1)N(CCO)CC1CCCN1. The third kappa shape index (κ3) is 3.08. The number of carbonyl (C=O) groups excluding carboxylic acids is 1. The lowest BCUT2D eigenvalue weighted by molar-refractivity contribution is 0.0706. The molecule has 94 valence electrons. The zero-order valence-corrected chi connectivity index (χ0v) is 9.76. The van der Waals surface area contributed by atoms with E-state index in [1.165, 1.54) is 12.5 Å². The summed E-state index contributed by atoms with van der Waals surface area (Å²) in [4.78, 5) is 13.8. The van der Waals surface area contributed by atoms with E-state index >= 15 is 0 Å². The molecule has 2 rings (SSSR count). The highest BCUT2D eigenvalue weighted by atomic mass is 16.3. The summed E-state index contributed by atoms with van der Waals surface area (Å²) in [5, 5.41) is 12.4. The summed E-state index contributed by atoms with van der Waals surface area (Å²) < 4.78 is 4.91. The van der Waals surface area contributed by atoms with Crippen LogP contribution in [0.1, 0.15) is 23.2 Å². The van der Waals surface area contributed by atoms with Gasteiger partial charge in [0, 0.05) is 19.1 Å². The van der Waals surface area contributed by atoms with E-state index in [1.54, 1.807) is 11.0 Å². The van der Waals surface area contributed by atoms with E-state index in [0.29, 0.717) is 24.7 Å². The molecule has 0 aliphatic carbocycles. The van der Waals surface area contributed by atoms with Crippen molar-refractivity contribution >= 4 is 5.91 Å². The fourth-order valence-corrected chi connectivity index (χ4v) is 2.14. The summed E-state index contributed by atoms with van der Waals surface area (Å²) in [5.74, 6) is -0.0819. The summed E-state index contributed by atoms with van der Waals surface area (Å²) in [6.45, 7) is 2.00. The zero-order valence-electron chi connectivity index (χ0n) is 9.76. The van der Waals surface area contributed by atoms with Crippen molar-refractivity contribution in [1.82, 2.24) is 10.2 Å². The van der Waals surface area contributed by atoms with E-state index in [-0.39, 0.29) is 12.5 Å². The quantitative estimate of drug-likeness (QED) is 0.782. The Kier molecular flexibility index (Phi) is 4.17. The Morgan fingerprint density at radius 2 is 2.53 bits per heavy atom.